The van der Waals surface area contributed by atoms with Gasteiger partial charge in [-0.3, -0.25) is 14.7 Å². The van der Waals surface area contributed by atoms with E-state index in [0.29, 0.717) is 18.8 Å². The molecular formula is C25H24N4O2S. The number of aromatic nitrogens is 2. The van der Waals surface area contributed by atoms with E-state index >= 15 is 0 Å². The number of nitrogens with zero attached hydrogens (tertiary/aromatic N) is 3. The van der Waals surface area contributed by atoms with E-state index in [2.05, 4.69) is 16.3 Å². The number of piperidine rings is 1. The minimum absolute atomic E-state index is 0.106. The first kappa shape index (κ1) is 20.5. The molecule has 0 spiro atoms. The van der Waals surface area contributed by atoms with Crippen molar-refractivity contribution in [3.05, 3.63) is 83.0 Å². The third-order valence-electron chi connectivity index (χ3n) is 6.12. The van der Waals surface area contributed by atoms with Crippen LogP contribution in [-0.4, -0.2) is 47.0 Å². The number of thiophene rings is 1. The number of likely N-dealkylation sites (tertiary alicyclic amines) is 1. The van der Waals surface area contributed by atoms with Gasteiger partial charge in [0.05, 0.1) is 4.88 Å². The number of carbonyl (C=O) groups is 2. The van der Waals surface area contributed by atoms with Gasteiger partial charge in [0.25, 0.3) is 11.8 Å². The summed E-state index contributed by atoms with van der Waals surface area (Å²) in [4.78, 5) is 30.1. The van der Waals surface area contributed by atoms with E-state index < -0.39 is 0 Å². The fourth-order valence-electron chi connectivity index (χ4n) is 4.23. The van der Waals surface area contributed by atoms with Crippen molar-refractivity contribution in [3.8, 4) is 0 Å². The van der Waals surface area contributed by atoms with Gasteiger partial charge in [0.2, 0.25) is 0 Å². The van der Waals surface area contributed by atoms with Gasteiger partial charge in [-0.1, -0.05) is 36.4 Å². The standard InChI is InChI=1S/C25H24N4O2S/c1-28(19-8-3-2-4-9-19)24(30)21-16-20(26-27-21)17-11-13-29(14-12-17)25(31)23-15-18-7-5-6-10-22(18)32-23/h2-10,15-17H,11-14H2,1H3,(H,26,27). The molecule has 5 rings (SSSR count). The van der Waals surface area contributed by atoms with Crippen molar-refractivity contribution in [2.75, 3.05) is 25.0 Å². The number of fused-ring (bicyclic) bond motifs is 1. The van der Waals surface area contributed by atoms with E-state index in [-0.39, 0.29) is 17.7 Å². The summed E-state index contributed by atoms with van der Waals surface area (Å²) < 4.78 is 1.14. The number of carbonyl (C=O) groups excluding carboxylic acids is 2. The monoisotopic (exact) mass is 444 g/mol. The Balaban J connectivity index is 1.22. The Hall–Kier alpha value is -3.45. The van der Waals surface area contributed by atoms with Crippen LogP contribution in [-0.2, 0) is 0 Å². The lowest BCUT2D eigenvalue weighted by Gasteiger charge is -2.31. The largest absolute Gasteiger partial charge is 0.338 e. The molecule has 0 radical (unpaired) electrons. The molecule has 6 nitrogen and oxygen atoms in total. The molecule has 0 aliphatic carbocycles. The summed E-state index contributed by atoms with van der Waals surface area (Å²) in [5.74, 6) is 0.225. The number of anilines is 1. The number of nitrogens with one attached hydrogen (secondary N) is 1. The normalized spacial score (nSPS) is 14.6. The van der Waals surface area contributed by atoms with Crippen LogP contribution in [0.2, 0.25) is 0 Å². The van der Waals surface area contributed by atoms with E-state index in [1.165, 1.54) is 0 Å². The lowest BCUT2D eigenvalue weighted by molar-refractivity contribution is 0.0717. The zero-order chi connectivity index (χ0) is 22.1. The highest BCUT2D eigenvalue weighted by atomic mass is 32.1. The number of hydrogen-bond donors (Lipinski definition) is 1. The highest BCUT2D eigenvalue weighted by Gasteiger charge is 2.27. The molecule has 1 N–H and O–H groups in total. The summed E-state index contributed by atoms with van der Waals surface area (Å²) in [5.41, 5.74) is 2.20. The second-order valence-electron chi connectivity index (χ2n) is 8.12. The van der Waals surface area contributed by atoms with Crippen LogP contribution in [0.4, 0.5) is 5.69 Å². The van der Waals surface area contributed by atoms with Crippen molar-refractivity contribution in [2.45, 2.75) is 18.8 Å². The first-order valence-corrected chi connectivity index (χ1v) is 11.6. The Morgan fingerprint density at radius 1 is 1.03 bits per heavy atom. The lowest BCUT2D eigenvalue weighted by Crippen LogP contribution is -2.37. The van der Waals surface area contributed by atoms with Gasteiger partial charge in [-0.2, -0.15) is 5.10 Å². The Bertz CT molecular complexity index is 1220. The Morgan fingerprint density at radius 2 is 1.75 bits per heavy atom. The molecule has 32 heavy (non-hydrogen) atoms. The van der Waals surface area contributed by atoms with Gasteiger partial charge in [0, 0.05) is 42.1 Å². The number of amides is 2. The van der Waals surface area contributed by atoms with Crippen molar-refractivity contribution in [2.24, 2.45) is 0 Å². The van der Waals surface area contributed by atoms with E-state index in [9.17, 15) is 9.59 Å². The SMILES string of the molecule is CN(C(=O)c1cc(C2CCN(C(=O)c3cc4ccccc4s3)CC2)[nH]n1)c1ccccc1. The van der Waals surface area contributed by atoms with E-state index in [1.807, 2.05) is 65.6 Å². The van der Waals surface area contributed by atoms with E-state index in [1.54, 1.807) is 23.3 Å². The molecule has 0 bridgehead atoms. The van der Waals surface area contributed by atoms with Crippen LogP contribution in [0.3, 0.4) is 0 Å². The van der Waals surface area contributed by atoms with Crippen LogP contribution in [0.5, 0.6) is 0 Å². The van der Waals surface area contributed by atoms with Gasteiger partial charge < -0.3 is 9.80 Å². The second kappa shape index (κ2) is 8.59. The van der Waals surface area contributed by atoms with Gasteiger partial charge >= 0.3 is 0 Å². The topological polar surface area (TPSA) is 69.3 Å². The summed E-state index contributed by atoms with van der Waals surface area (Å²) >= 11 is 1.55. The molecule has 0 saturated carbocycles. The summed E-state index contributed by atoms with van der Waals surface area (Å²) in [6, 6.07) is 21.5. The molecule has 1 saturated heterocycles. The number of hydrogen-bond acceptors (Lipinski definition) is 4. The molecule has 3 heterocycles. The predicted molar refractivity (Wildman–Crippen MR) is 127 cm³/mol. The van der Waals surface area contributed by atoms with Crippen LogP contribution in [0.1, 0.15) is 44.6 Å². The van der Waals surface area contributed by atoms with E-state index in [0.717, 1.165) is 39.2 Å². The molecule has 1 aliphatic rings. The van der Waals surface area contributed by atoms with Gasteiger partial charge in [-0.25, -0.2) is 0 Å². The molecule has 7 heteroatoms. The summed E-state index contributed by atoms with van der Waals surface area (Å²) in [5, 5.41) is 8.44. The average molecular weight is 445 g/mol. The summed E-state index contributed by atoms with van der Waals surface area (Å²) in [6.45, 7) is 1.40. The molecule has 162 valence electrons. The fraction of sp³-hybridized carbons (Fsp3) is 0.240. The first-order valence-electron chi connectivity index (χ1n) is 10.8. The van der Waals surface area contributed by atoms with Crippen LogP contribution >= 0.6 is 11.3 Å². The first-order chi connectivity index (χ1) is 15.6. The number of aromatic amines is 1. The summed E-state index contributed by atoms with van der Waals surface area (Å²) in [6.07, 6.45) is 1.70. The second-order valence-corrected chi connectivity index (χ2v) is 9.21. The van der Waals surface area contributed by atoms with Crippen molar-refractivity contribution in [3.63, 3.8) is 0 Å². The number of para-hydroxylation sites is 1. The Morgan fingerprint density at radius 3 is 2.50 bits per heavy atom. The minimum Gasteiger partial charge on any atom is -0.338 e. The molecule has 4 aromatic rings. The number of benzene rings is 2. The zero-order valence-corrected chi connectivity index (χ0v) is 18.6. The van der Waals surface area contributed by atoms with Crippen molar-refractivity contribution in [1.29, 1.82) is 0 Å². The molecule has 2 aromatic heterocycles. The average Bonchev–Trinajstić information content (AvgIpc) is 3.51. The third-order valence-corrected chi connectivity index (χ3v) is 7.23. The predicted octanol–water partition coefficient (Wildman–Crippen LogP) is 4.92. The van der Waals surface area contributed by atoms with Gasteiger partial charge in [-0.15, -0.1) is 11.3 Å². The molecular weight excluding hydrogens is 420 g/mol. The van der Waals surface area contributed by atoms with Crippen molar-refractivity contribution in [1.82, 2.24) is 15.1 Å². The smallest absolute Gasteiger partial charge is 0.278 e. The number of H-pyrrole nitrogens is 1. The molecule has 1 fully saturated rings. The van der Waals surface area contributed by atoms with Crippen LogP contribution < -0.4 is 4.90 Å². The van der Waals surface area contributed by atoms with E-state index in [4.69, 9.17) is 0 Å². The highest BCUT2D eigenvalue weighted by molar-refractivity contribution is 7.20. The fourth-order valence-corrected chi connectivity index (χ4v) is 5.26. The van der Waals surface area contributed by atoms with Gasteiger partial charge in [0.15, 0.2) is 5.69 Å². The summed E-state index contributed by atoms with van der Waals surface area (Å²) in [7, 11) is 1.75. The molecule has 0 atom stereocenters. The maximum absolute atomic E-state index is 13.0. The van der Waals surface area contributed by atoms with Gasteiger partial charge in [0.1, 0.15) is 0 Å². The Labute approximate surface area is 190 Å². The van der Waals surface area contributed by atoms with Crippen LogP contribution in [0, 0.1) is 0 Å². The highest BCUT2D eigenvalue weighted by Crippen LogP contribution is 2.31. The maximum Gasteiger partial charge on any atom is 0.278 e. The Kier molecular flexibility index (Phi) is 5.49. The van der Waals surface area contributed by atoms with Gasteiger partial charge in [-0.05, 0) is 48.6 Å². The van der Waals surface area contributed by atoms with Crippen LogP contribution in [0.15, 0.2) is 66.7 Å². The molecule has 2 amide bonds. The minimum atomic E-state index is -0.143. The third kappa shape index (κ3) is 3.91. The van der Waals surface area contributed by atoms with Crippen molar-refractivity contribution < 1.29 is 9.59 Å². The lowest BCUT2D eigenvalue weighted by atomic mass is 9.93. The molecule has 2 aromatic carbocycles. The quantitative estimate of drug-likeness (QED) is 0.486. The number of rotatable bonds is 4. The zero-order valence-electron chi connectivity index (χ0n) is 17.8. The van der Waals surface area contributed by atoms with Crippen molar-refractivity contribution >= 4 is 38.9 Å². The maximum atomic E-state index is 13.0. The van der Waals surface area contributed by atoms with Crippen LogP contribution in [0.25, 0.3) is 10.1 Å². The molecule has 1 aliphatic heterocycles. The molecule has 0 unspecified atom stereocenters.